The Bertz CT molecular complexity index is 759. The van der Waals surface area contributed by atoms with Crippen molar-refractivity contribution in [1.82, 2.24) is 0 Å². The van der Waals surface area contributed by atoms with Gasteiger partial charge in [0.25, 0.3) is 5.91 Å². The molecule has 1 aliphatic rings. The molecule has 1 heterocycles. The molecule has 0 saturated carbocycles. The van der Waals surface area contributed by atoms with Gasteiger partial charge in [-0.05, 0) is 29.8 Å². The van der Waals surface area contributed by atoms with Crippen LogP contribution in [0, 0.1) is 0 Å². The van der Waals surface area contributed by atoms with Gasteiger partial charge < -0.3 is 16.4 Å². The van der Waals surface area contributed by atoms with Crippen molar-refractivity contribution in [3.63, 3.8) is 0 Å². The summed E-state index contributed by atoms with van der Waals surface area (Å²) in [7, 11) is 0. The highest BCUT2D eigenvalue weighted by Gasteiger charge is 2.20. The summed E-state index contributed by atoms with van der Waals surface area (Å²) in [6, 6.07) is 10.1. The van der Waals surface area contributed by atoms with E-state index in [1.165, 1.54) is 0 Å². The van der Waals surface area contributed by atoms with Crippen molar-refractivity contribution in [2.75, 3.05) is 16.4 Å². The van der Waals surface area contributed by atoms with Gasteiger partial charge in [-0.15, -0.1) is 0 Å². The van der Waals surface area contributed by atoms with E-state index >= 15 is 0 Å². The van der Waals surface area contributed by atoms with Crippen molar-refractivity contribution < 1.29 is 9.59 Å². The van der Waals surface area contributed by atoms with Crippen LogP contribution in [-0.2, 0) is 11.2 Å². The van der Waals surface area contributed by atoms with E-state index in [1.54, 1.807) is 36.4 Å². The zero-order valence-electron chi connectivity index (χ0n) is 10.9. The maximum atomic E-state index is 12.2. The van der Waals surface area contributed by atoms with Crippen LogP contribution < -0.4 is 16.4 Å². The number of nitrogen functional groups attached to an aromatic ring is 1. The lowest BCUT2D eigenvalue weighted by molar-refractivity contribution is -0.115. The molecule has 1 aliphatic heterocycles. The van der Waals surface area contributed by atoms with E-state index < -0.39 is 0 Å². The van der Waals surface area contributed by atoms with E-state index in [-0.39, 0.29) is 18.2 Å². The van der Waals surface area contributed by atoms with E-state index in [1.807, 2.05) is 0 Å². The molecule has 6 heteroatoms. The SMILES string of the molecule is Nc1ccccc1C(=O)Nc1cc2c(cc1Cl)NC(=O)C2. The van der Waals surface area contributed by atoms with Crippen LogP contribution in [0.25, 0.3) is 0 Å². The molecule has 0 unspecified atom stereocenters. The molecule has 2 aromatic carbocycles. The Morgan fingerprint density at radius 2 is 2.05 bits per heavy atom. The number of fused-ring (bicyclic) bond motifs is 1. The van der Waals surface area contributed by atoms with Gasteiger partial charge in [0.05, 0.1) is 22.7 Å². The highest BCUT2D eigenvalue weighted by Crippen LogP contribution is 2.33. The van der Waals surface area contributed by atoms with Crippen LogP contribution >= 0.6 is 11.6 Å². The standard InChI is InChI=1S/C15H12ClN3O2/c16-10-7-12-8(6-14(20)18-12)5-13(10)19-15(21)9-3-1-2-4-11(9)17/h1-5,7H,6,17H2,(H,18,20)(H,19,21). The quantitative estimate of drug-likeness (QED) is 0.746. The summed E-state index contributed by atoms with van der Waals surface area (Å²) in [5.41, 5.74) is 8.49. The molecule has 0 radical (unpaired) electrons. The second-order valence-corrected chi connectivity index (χ2v) is 5.16. The molecule has 21 heavy (non-hydrogen) atoms. The van der Waals surface area contributed by atoms with Crippen molar-refractivity contribution in [2.24, 2.45) is 0 Å². The molecule has 0 aliphatic carbocycles. The van der Waals surface area contributed by atoms with Gasteiger partial charge in [-0.2, -0.15) is 0 Å². The van der Waals surface area contributed by atoms with Crippen molar-refractivity contribution >= 4 is 40.5 Å². The minimum Gasteiger partial charge on any atom is -0.398 e. The first-order valence-corrected chi connectivity index (χ1v) is 6.70. The molecular formula is C15H12ClN3O2. The molecule has 0 aromatic heterocycles. The topological polar surface area (TPSA) is 84.2 Å². The fourth-order valence-electron chi connectivity index (χ4n) is 2.24. The second kappa shape index (κ2) is 5.10. The minimum absolute atomic E-state index is 0.0863. The number of benzene rings is 2. The van der Waals surface area contributed by atoms with Crippen LogP contribution in [-0.4, -0.2) is 11.8 Å². The summed E-state index contributed by atoms with van der Waals surface area (Å²) < 4.78 is 0. The Morgan fingerprint density at radius 1 is 1.29 bits per heavy atom. The van der Waals surface area contributed by atoms with E-state index in [4.69, 9.17) is 17.3 Å². The molecule has 0 bridgehead atoms. The molecule has 0 atom stereocenters. The van der Waals surface area contributed by atoms with Gasteiger partial charge in [-0.3, -0.25) is 9.59 Å². The molecule has 106 valence electrons. The number of carbonyl (C=O) groups is 2. The predicted molar refractivity (Wildman–Crippen MR) is 82.6 cm³/mol. The lowest BCUT2D eigenvalue weighted by Gasteiger charge is -2.10. The molecule has 4 N–H and O–H groups in total. The molecule has 2 aromatic rings. The van der Waals surface area contributed by atoms with Crippen LogP contribution in [0.4, 0.5) is 17.1 Å². The van der Waals surface area contributed by atoms with Gasteiger partial charge in [0.2, 0.25) is 5.91 Å². The Hall–Kier alpha value is -2.53. The first-order valence-electron chi connectivity index (χ1n) is 6.33. The van der Waals surface area contributed by atoms with E-state index in [0.717, 1.165) is 5.56 Å². The molecule has 5 nitrogen and oxygen atoms in total. The highest BCUT2D eigenvalue weighted by atomic mass is 35.5. The molecule has 0 fully saturated rings. The second-order valence-electron chi connectivity index (χ2n) is 4.76. The Labute approximate surface area is 126 Å². The summed E-state index contributed by atoms with van der Waals surface area (Å²) in [6.45, 7) is 0. The van der Waals surface area contributed by atoms with Gasteiger partial charge in [-0.1, -0.05) is 23.7 Å². The third-order valence-electron chi connectivity index (χ3n) is 3.27. The monoisotopic (exact) mass is 301 g/mol. The summed E-state index contributed by atoms with van der Waals surface area (Å²) >= 11 is 6.13. The number of nitrogens with one attached hydrogen (secondary N) is 2. The van der Waals surface area contributed by atoms with Crippen LogP contribution in [0.2, 0.25) is 5.02 Å². The van der Waals surface area contributed by atoms with Crippen molar-refractivity contribution in [3.8, 4) is 0 Å². The number of amides is 2. The summed E-state index contributed by atoms with van der Waals surface area (Å²) in [6.07, 6.45) is 0.281. The van der Waals surface area contributed by atoms with Crippen molar-refractivity contribution in [2.45, 2.75) is 6.42 Å². The minimum atomic E-state index is -0.341. The molecule has 2 amide bonds. The average Bonchev–Trinajstić information content (AvgIpc) is 2.78. The van der Waals surface area contributed by atoms with Gasteiger partial charge in [0.15, 0.2) is 0 Å². The number of hydrogen-bond donors (Lipinski definition) is 3. The average molecular weight is 302 g/mol. The van der Waals surface area contributed by atoms with Gasteiger partial charge in [-0.25, -0.2) is 0 Å². The third kappa shape index (κ3) is 2.55. The number of hydrogen-bond acceptors (Lipinski definition) is 3. The van der Waals surface area contributed by atoms with Crippen molar-refractivity contribution in [3.05, 3.63) is 52.5 Å². The zero-order chi connectivity index (χ0) is 15.0. The predicted octanol–water partition coefficient (Wildman–Crippen LogP) is 2.67. The Morgan fingerprint density at radius 3 is 2.81 bits per heavy atom. The lowest BCUT2D eigenvalue weighted by Crippen LogP contribution is -2.14. The normalized spacial score (nSPS) is 12.7. The summed E-state index contributed by atoms with van der Waals surface area (Å²) in [5, 5.41) is 5.79. The lowest BCUT2D eigenvalue weighted by atomic mass is 10.1. The maximum Gasteiger partial charge on any atom is 0.257 e. The summed E-state index contributed by atoms with van der Waals surface area (Å²) in [4.78, 5) is 23.6. The molecule has 0 saturated heterocycles. The van der Waals surface area contributed by atoms with Gasteiger partial charge >= 0.3 is 0 Å². The fraction of sp³-hybridized carbons (Fsp3) is 0.0667. The fourth-order valence-corrected chi connectivity index (χ4v) is 2.45. The number of nitrogens with two attached hydrogens (primary N) is 1. The number of carbonyl (C=O) groups excluding carboxylic acids is 2. The number of rotatable bonds is 2. The third-order valence-corrected chi connectivity index (χ3v) is 3.58. The highest BCUT2D eigenvalue weighted by molar-refractivity contribution is 6.34. The molecular weight excluding hydrogens is 290 g/mol. The molecule has 0 spiro atoms. The number of anilines is 3. The van der Waals surface area contributed by atoms with E-state index in [0.29, 0.717) is 27.6 Å². The maximum absolute atomic E-state index is 12.2. The van der Waals surface area contributed by atoms with Crippen LogP contribution in [0.3, 0.4) is 0 Å². The number of para-hydroxylation sites is 1. The van der Waals surface area contributed by atoms with E-state index in [2.05, 4.69) is 10.6 Å². The summed E-state index contributed by atoms with van der Waals surface area (Å²) in [5.74, 6) is -0.427. The number of halogens is 1. The first kappa shape index (κ1) is 13.5. The van der Waals surface area contributed by atoms with E-state index in [9.17, 15) is 9.59 Å². The zero-order valence-corrected chi connectivity index (χ0v) is 11.7. The van der Waals surface area contributed by atoms with Gasteiger partial charge in [0, 0.05) is 11.4 Å². The Kier molecular flexibility index (Phi) is 3.27. The van der Waals surface area contributed by atoms with Crippen LogP contribution in [0.5, 0.6) is 0 Å². The smallest absolute Gasteiger partial charge is 0.257 e. The Balaban J connectivity index is 1.89. The van der Waals surface area contributed by atoms with Crippen LogP contribution in [0.1, 0.15) is 15.9 Å². The largest absolute Gasteiger partial charge is 0.398 e. The van der Waals surface area contributed by atoms with Crippen LogP contribution in [0.15, 0.2) is 36.4 Å². The van der Waals surface area contributed by atoms with Crippen molar-refractivity contribution in [1.29, 1.82) is 0 Å². The van der Waals surface area contributed by atoms with Gasteiger partial charge in [0.1, 0.15) is 0 Å². The first-order chi connectivity index (χ1) is 10.0. The molecule has 3 rings (SSSR count).